The zero-order valence-electron chi connectivity index (χ0n) is 22.0. The molecule has 0 aliphatic rings. The molecule has 1 aromatic carbocycles. The Bertz CT molecular complexity index is 1220. The maximum atomic E-state index is 13.3. The Kier molecular flexibility index (Phi) is 12.2. The Morgan fingerprint density at radius 3 is 1.88 bits per heavy atom. The third-order valence-corrected chi connectivity index (χ3v) is 5.95. The number of aromatic hydroxyl groups is 1. The molecule has 16 nitrogen and oxygen atoms in total. The Morgan fingerprint density at radius 2 is 1.34 bits per heavy atom. The van der Waals surface area contributed by atoms with Gasteiger partial charge in [-0.05, 0) is 30.5 Å². The molecular formula is C25H34N8O8. The highest BCUT2D eigenvalue weighted by Crippen LogP contribution is 2.12. The Hall–Kier alpha value is -4.99. The van der Waals surface area contributed by atoms with Crippen molar-refractivity contribution in [2.45, 2.75) is 62.7 Å². The lowest BCUT2D eigenvalue weighted by atomic mass is 10.0. The second kappa shape index (κ2) is 15.6. The summed E-state index contributed by atoms with van der Waals surface area (Å²) in [7, 11) is 0. The Balaban J connectivity index is 2.24. The van der Waals surface area contributed by atoms with Crippen LogP contribution in [0.3, 0.4) is 0 Å². The minimum atomic E-state index is -1.49. The quantitative estimate of drug-likeness (QED) is 0.0941. The van der Waals surface area contributed by atoms with Crippen molar-refractivity contribution in [2.75, 3.05) is 0 Å². The summed E-state index contributed by atoms with van der Waals surface area (Å²) in [6.45, 7) is 0. The van der Waals surface area contributed by atoms with Crippen LogP contribution in [0.15, 0.2) is 36.8 Å². The number of benzene rings is 1. The van der Waals surface area contributed by atoms with Crippen LogP contribution in [0.25, 0.3) is 0 Å². The first kappa shape index (κ1) is 32.2. The number of aliphatic carboxylic acids is 1. The second-order valence-corrected chi connectivity index (χ2v) is 9.29. The van der Waals surface area contributed by atoms with E-state index in [1.54, 1.807) is 0 Å². The average Bonchev–Trinajstić information content (AvgIpc) is 3.42. The number of carboxylic acids is 1. The van der Waals surface area contributed by atoms with Gasteiger partial charge in [-0.15, -0.1) is 0 Å². The molecule has 41 heavy (non-hydrogen) atoms. The van der Waals surface area contributed by atoms with Gasteiger partial charge in [0.1, 0.15) is 23.9 Å². The number of phenolic OH excluding ortho intramolecular Hbond substituents is 1. The molecule has 222 valence electrons. The third kappa shape index (κ3) is 11.3. The van der Waals surface area contributed by atoms with Crippen molar-refractivity contribution in [2.24, 2.45) is 17.2 Å². The van der Waals surface area contributed by atoms with Crippen molar-refractivity contribution in [1.82, 2.24) is 25.9 Å². The normalized spacial score (nSPS) is 13.7. The number of nitrogens with two attached hydrogens (primary N) is 3. The van der Waals surface area contributed by atoms with E-state index in [0.717, 1.165) is 0 Å². The van der Waals surface area contributed by atoms with Crippen molar-refractivity contribution in [1.29, 1.82) is 0 Å². The van der Waals surface area contributed by atoms with E-state index in [-0.39, 0.29) is 44.3 Å². The molecule has 4 atom stereocenters. The molecule has 5 amide bonds. The number of aromatic amines is 1. The number of nitrogens with one attached hydrogen (secondary N) is 4. The van der Waals surface area contributed by atoms with Gasteiger partial charge < -0.3 is 48.3 Å². The summed E-state index contributed by atoms with van der Waals surface area (Å²) in [5, 5.41) is 26.3. The van der Waals surface area contributed by atoms with Crippen LogP contribution in [-0.4, -0.2) is 79.9 Å². The smallest absolute Gasteiger partial charge is 0.326 e. The molecule has 0 spiro atoms. The number of amides is 5. The fourth-order valence-corrected chi connectivity index (χ4v) is 3.73. The van der Waals surface area contributed by atoms with Gasteiger partial charge in [-0.3, -0.25) is 24.0 Å². The van der Waals surface area contributed by atoms with Crippen LogP contribution in [0, 0.1) is 0 Å². The van der Waals surface area contributed by atoms with E-state index in [1.165, 1.54) is 36.8 Å². The standard InChI is InChI=1S/C25H34N8O8/c26-16(10-14-11-29-12-30-14)22(37)31-17(5-7-20(27)35)23(38)33-19(9-13-1-3-15(34)4-2-13)24(39)32-18(25(40)41)6-8-21(28)36/h1-4,11-12,16-19,34H,5-10,26H2,(H2,27,35)(H2,28,36)(H,29,30)(H,31,37)(H,32,39)(H,33,38)(H,40,41). The number of rotatable bonds is 17. The van der Waals surface area contributed by atoms with Crippen molar-refractivity contribution < 1.29 is 39.0 Å². The molecule has 0 radical (unpaired) electrons. The summed E-state index contributed by atoms with van der Waals surface area (Å²) in [5.74, 6) is -5.46. The molecule has 0 saturated carbocycles. The van der Waals surface area contributed by atoms with Crippen LogP contribution < -0.4 is 33.2 Å². The largest absolute Gasteiger partial charge is 0.508 e. The summed E-state index contributed by atoms with van der Waals surface area (Å²) in [4.78, 5) is 80.0. The summed E-state index contributed by atoms with van der Waals surface area (Å²) in [6.07, 6.45) is 1.72. The highest BCUT2D eigenvalue weighted by atomic mass is 16.4. The topological polar surface area (TPSA) is 286 Å². The molecule has 12 N–H and O–H groups in total. The number of phenols is 1. The summed E-state index contributed by atoms with van der Waals surface area (Å²) in [6, 6.07) is 0.426. The van der Waals surface area contributed by atoms with Crippen LogP contribution in [-0.2, 0) is 41.6 Å². The van der Waals surface area contributed by atoms with Gasteiger partial charge in [0.2, 0.25) is 29.5 Å². The number of hydrogen-bond donors (Lipinski definition) is 9. The molecule has 4 unspecified atom stereocenters. The fourth-order valence-electron chi connectivity index (χ4n) is 3.73. The average molecular weight is 575 g/mol. The van der Waals surface area contributed by atoms with E-state index in [0.29, 0.717) is 11.3 Å². The molecule has 16 heteroatoms. The van der Waals surface area contributed by atoms with Gasteiger partial charge in [-0.1, -0.05) is 12.1 Å². The predicted molar refractivity (Wildman–Crippen MR) is 142 cm³/mol. The van der Waals surface area contributed by atoms with E-state index < -0.39 is 59.7 Å². The molecule has 0 saturated heterocycles. The number of carbonyl (C=O) groups is 6. The number of H-pyrrole nitrogens is 1. The molecule has 2 aromatic rings. The van der Waals surface area contributed by atoms with E-state index in [2.05, 4.69) is 25.9 Å². The van der Waals surface area contributed by atoms with Gasteiger partial charge >= 0.3 is 5.97 Å². The van der Waals surface area contributed by atoms with Crippen molar-refractivity contribution in [3.05, 3.63) is 48.0 Å². The van der Waals surface area contributed by atoms with Crippen LogP contribution >= 0.6 is 0 Å². The monoisotopic (exact) mass is 574 g/mol. The van der Waals surface area contributed by atoms with Crippen molar-refractivity contribution in [3.8, 4) is 5.75 Å². The van der Waals surface area contributed by atoms with Gasteiger partial charge in [0.05, 0.1) is 12.4 Å². The summed E-state index contributed by atoms with van der Waals surface area (Å²) in [5.41, 5.74) is 17.3. The molecule has 0 aliphatic carbocycles. The van der Waals surface area contributed by atoms with Gasteiger partial charge in [0.25, 0.3) is 0 Å². The van der Waals surface area contributed by atoms with Crippen LogP contribution in [0.1, 0.15) is 36.9 Å². The van der Waals surface area contributed by atoms with Gasteiger partial charge in [0, 0.05) is 37.6 Å². The summed E-state index contributed by atoms with van der Waals surface area (Å²) < 4.78 is 0. The molecular weight excluding hydrogens is 540 g/mol. The van der Waals surface area contributed by atoms with Crippen molar-refractivity contribution in [3.63, 3.8) is 0 Å². The number of aromatic nitrogens is 2. The maximum absolute atomic E-state index is 13.3. The molecule has 1 heterocycles. The minimum absolute atomic E-state index is 0.0446. The van der Waals surface area contributed by atoms with Crippen LogP contribution in [0.4, 0.5) is 0 Å². The van der Waals surface area contributed by atoms with Gasteiger partial charge in [-0.2, -0.15) is 0 Å². The maximum Gasteiger partial charge on any atom is 0.326 e. The Labute approximate surface area is 234 Å². The van der Waals surface area contributed by atoms with Crippen molar-refractivity contribution >= 4 is 35.5 Å². The lowest BCUT2D eigenvalue weighted by Gasteiger charge is -2.25. The molecule has 1 aromatic heterocycles. The number of carboxylic acid groups (broad SMARTS) is 1. The number of imidazole rings is 1. The molecule has 0 fully saturated rings. The van der Waals surface area contributed by atoms with Gasteiger partial charge in [0.15, 0.2) is 0 Å². The molecule has 0 bridgehead atoms. The summed E-state index contributed by atoms with van der Waals surface area (Å²) >= 11 is 0. The lowest BCUT2D eigenvalue weighted by Crippen LogP contribution is -2.58. The van der Waals surface area contributed by atoms with E-state index in [9.17, 15) is 39.0 Å². The van der Waals surface area contributed by atoms with E-state index in [4.69, 9.17) is 17.2 Å². The first-order chi connectivity index (χ1) is 19.3. The fraction of sp³-hybridized carbons (Fsp3) is 0.400. The molecule has 2 rings (SSSR count). The number of primary amides is 2. The first-order valence-electron chi connectivity index (χ1n) is 12.6. The zero-order valence-corrected chi connectivity index (χ0v) is 22.0. The second-order valence-electron chi connectivity index (χ2n) is 9.29. The number of nitrogens with zero attached hydrogens (tertiary/aromatic N) is 1. The number of hydrogen-bond acceptors (Lipinski definition) is 9. The Morgan fingerprint density at radius 1 is 0.805 bits per heavy atom. The molecule has 0 aliphatic heterocycles. The third-order valence-electron chi connectivity index (χ3n) is 5.95. The van der Waals surface area contributed by atoms with E-state index in [1.807, 2.05) is 0 Å². The predicted octanol–water partition coefficient (Wildman–Crippen LogP) is -2.70. The van der Waals surface area contributed by atoms with E-state index >= 15 is 0 Å². The van der Waals surface area contributed by atoms with Crippen LogP contribution in [0.5, 0.6) is 5.75 Å². The lowest BCUT2D eigenvalue weighted by molar-refractivity contribution is -0.142. The van der Waals surface area contributed by atoms with Crippen LogP contribution in [0.2, 0.25) is 0 Å². The van der Waals surface area contributed by atoms with Gasteiger partial charge in [-0.25, -0.2) is 9.78 Å². The minimum Gasteiger partial charge on any atom is -0.508 e. The number of carbonyl (C=O) groups excluding carboxylic acids is 5. The highest BCUT2D eigenvalue weighted by molar-refractivity contribution is 5.94. The first-order valence-corrected chi connectivity index (χ1v) is 12.6. The highest BCUT2D eigenvalue weighted by Gasteiger charge is 2.31. The SMILES string of the molecule is NC(=O)CCC(NC(=O)C(Cc1ccc(O)cc1)NC(=O)C(CCC(N)=O)NC(=O)C(N)Cc1cnc[nH]1)C(=O)O. The zero-order chi connectivity index (χ0) is 30.5.